The lowest BCUT2D eigenvalue weighted by Crippen LogP contribution is -2.54. The summed E-state index contributed by atoms with van der Waals surface area (Å²) in [5.41, 5.74) is 2.39. The fraction of sp³-hybridized carbons (Fsp3) is 0.280. The number of nitrogens with zero attached hydrogens (tertiary/aromatic N) is 1. The van der Waals surface area contributed by atoms with Crippen LogP contribution in [0.5, 0.6) is 0 Å². The molecule has 35 heavy (non-hydrogen) atoms. The minimum Gasteiger partial charge on any atom is -0.465 e. The van der Waals surface area contributed by atoms with Gasteiger partial charge >= 0.3 is 6.09 Å². The smallest absolute Gasteiger partial charge is 0.408 e. The van der Waals surface area contributed by atoms with Gasteiger partial charge in [-0.3, -0.25) is 24.5 Å². The van der Waals surface area contributed by atoms with Gasteiger partial charge in [0.15, 0.2) is 0 Å². The van der Waals surface area contributed by atoms with E-state index in [9.17, 15) is 24.3 Å². The van der Waals surface area contributed by atoms with Crippen molar-refractivity contribution in [1.82, 2.24) is 21.0 Å². The van der Waals surface area contributed by atoms with Crippen LogP contribution in [0.2, 0.25) is 0 Å². The fourth-order valence-electron chi connectivity index (χ4n) is 2.91. The molecule has 4 amide bonds. The average Bonchev–Trinajstić information content (AvgIpc) is 2.83. The predicted molar refractivity (Wildman–Crippen MR) is 128 cm³/mol. The van der Waals surface area contributed by atoms with Gasteiger partial charge in [0.2, 0.25) is 5.91 Å². The van der Waals surface area contributed by atoms with Gasteiger partial charge in [0.25, 0.3) is 11.8 Å². The summed E-state index contributed by atoms with van der Waals surface area (Å²) >= 11 is 0. The first-order valence-corrected chi connectivity index (χ1v) is 10.7. The lowest BCUT2D eigenvalue weighted by atomic mass is 10.1. The van der Waals surface area contributed by atoms with Crippen molar-refractivity contribution in [3.8, 4) is 11.8 Å². The van der Waals surface area contributed by atoms with Crippen LogP contribution in [-0.2, 0) is 9.59 Å². The average molecular weight is 481 g/mol. The van der Waals surface area contributed by atoms with Crippen molar-refractivity contribution in [3.05, 3.63) is 71.3 Å². The van der Waals surface area contributed by atoms with E-state index in [1.54, 1.807) is 32.9 Å². The molecule has 0 radical (unpaired) electrons. The molecule has 0 aliphatic carbocycles. The summed E-state index contributed by atoms with van der Waals surface area (Å²) < 4.78 is 0. The van der Waals surface area contributed by atoms with Gasteiger partial charge in [-0.05, 0) is 57.2 Å². The van der Waals surface area contributed by atoms with E-state index in [0.717, 1.165) is 10.5 Å². The highest BCUT2D eigenvalue weighted by Gasteiger charge is 2.29. The molecule has 0 aliphatic heterocycles. The highest BCUT2D eigenvalue weighted by molar-refractivity contribution is 5.97. The Morgan fingerprint density at radius 1 is 0.943 bits per heavy atom. The number of carbonyl (C=O) groups excluding carboxylic acids is 3. The molecule has 2 rings (SSSR count). The van der Waals surface area contributed by atoms with Gasteiger partial charge in [-0.2, -0.15) is 0 Å². The van der Waals surface area contributed by atoms with E-state index in [-0.39, 0.29) is 12.1 Å². The zero-order valence-electron chi connectivity index (χ0n) is 19.7. The first kappa shape index (κ1) is 26.9. The first-order valence-electron chi connectivity index (χ1n) is 10.7. The van der Waals surface area contributed by atoms with Gasteiger partial charge in [-0.15, -0.1) is 0 Å². The lowest BCUT2D eigenvalue weighted by Gasteiger charge is -2.32. The van der Waals surface area contributed by atoms with E-state index in [0.29, 0.717) is 5.56 Å². The Hall–Kier alpha value is -4.36. The summed E-state index contributed by atoms with van der Waals surface area (Å²) in [4.78, 5) is 49.2. The van der Waals surface area contributed by atoms with Crippen LogP contribution in [-0.4, -0.2) is 63.7 Å². The quantitative estimate of drug-likeness (QED) is 0.231. The van der Waals surface area contributed by atoms with Gasteiger partial charge in [-0.1, -0.05) is 30.0 Å². The number of benzene rings is 2. The molecule has 184 valence electrons. The highest BCUT2D eigenvalue weighted by Crippen LogP contribution is 2.12. The van der Waals surface area contributed by atoms with Crippen LogP contribution in [0.25, 0.3) is 0 Å². The molecule has 0 unspecified atom stereocenters. The standard InChI is InChI=1S/C25H28N4O6/c1-25(2,3)29(24(33)34)16-21(30)26-15-20(23(32)28-35)27-22(31)19-13-11-18(12-14-19)10-9-17-7-5-4-6-8-17/h4-8,11-14,20,35H,15-16H2,1-3H3,(H,26,30)(H,27,31)(H,28,32)(H,33,34)/t20-/m0/s1. The van der Waals surface area contributed by atoms with Crippen LogP contribution in [0.4, 0.5) is 4.79 Å². The lowest BCUT2D eigenvalue weighted by molar-refractivity contribution is -0.131. The Balaban J connectivity index is 2.01. The van der Waals surface area contributed by atoms with Gasteiger partial charge in [0.1, 0.15) is 12.6 Å². The van der Waals surface area contributed by atoms with Gasteiger partial charge in [0.05, 0.1) is 0 Å². The van der Waals surface area contributed by atoms with E-state index in [2.05, 4.69) is 22.5 Å². The number of carboxylic acid groups (broad SMARTS) is 1. The molecule has 10 heteroatoms. The monoisotopic (exact) mass is 480 g/mol. The van der Waals surface area contributed by atoms with Crippen LogP contribution in [0.3, 0.4) is 0 Å². The van der Waals surface area contributed by atoms with Crippen molar-refractivity contribution >= 4 is 23.8 Å². The molecule has 10 nitrogen and oxygen atoms in total. The van der Waals surface area contributed by atoms with Crippen molar-refractivity contribution in [2.45, 2.75) is 32.4 Å². The SMILES string of the molecule is CC(C)(C)N(CC(=O)NC[C@H](NC(=O)c1ccc(C#Cc2ccccc2)cc1)C(=O)NO)C(=O)O. The van der Waals surface area contributed by atoms with Crippen molar-refractivity contribution < 1.29 is 29.5 Å². The Morgan fingerprint density at radius 2 is 1.51 bits per heavy atom. The van der Waals surface area contributed by atoms with Gasteiger partial charge in [-0.25, -0.2) is 10.3 Å². The number of carbonyl (C=O) groups is 4. The molecule has 0 saturated carbocycles. The summed E-state index contributed by atoms with van der Waals surface area (Å²) in [6.07, 6.45) is -1.28. The second-order valence-electron chi connectivity index (χ2n) is 8.54. The van der Waals surface area contributed by atoms with Crippen molar-refractivity contribution in [3.63, 3.8) is 0 Å². The number of rotatable bonds is 7. The minimum absolute atomic E-state index is 0.238. The third-order valence-electron chi connectivity index (χ3n) is 4.85. The molecule has 0 spiro atoms. The van der Waals surface area contributed by atoms with Crippen molar-refractivity contribution in [2.75, 3.05) is 13.1 Å². The first-order chi connectivity index (χ1) is 16.5. The zero-order chi connectivity index (χ0) is 26.0. The molecule has 0 fully saturated rings. The zero-order valence-corrected chi connectivity index (χ0v) is 19.7. The number of nitrogens with one attached hydrogen (secondary N) is 3. The van der Waals surface area contributed by atoms with E-state index in [1.807, 2.05) is 30.3 Å². The van der Waals surface area contributed by atoms with E-state index < -0.39 is 41.9 Å². The van der Waals surface area contributed by atoms with Crippen LogP contribution >= 0.6 is 0 Å². The van der Waals surface area contributed by atoms with Crippen molar-refractivity contribution in [1.29, 1.82) is 0 Å². The summed E-state index contributed by atoms with van der Waals surface area (Å²) in [7, 11) is 0. The summed E-state index contributed by atoms with van der Waals surface area (Å²) in [5.74, 6) is 3.76. The van der Waals surface area contributed by atoms with Crippen molar-refractivity contribution in [2.24, 2.45) is 0 Å². The molecule has 1 atom stereocenters. The maximum atomic E-state index is 12.6. The van der Waals surface area contributed by atoms with Crippen LogP contribution in [0.15, 0.2) is 54.6 Å². The normalized spacial score (nSPS) is 11.3. The molecule has 0 saturated heterocycles. The van der Waals surface area contributed by atoms with Crippen LogP contribution in [0, 0.1) is 11.8 Å². The largest absolute Gasteiger partial charge is 0.465 e. The summed E-state index contributed by atoms with van der Waals surface area (Å²) in [5, 5.41) is 23.1. The minimum atomic E-state index is -1.30. The highest BCUT2D eigenvalue weighted by atomic mass is 16.5. The molecular weight excluding hydrogens is 452 g/mol. The number of amides is 4. The maximum Gasteiger partial charge on any atom is 0.408 e. The summed E-state index contributed by atoms with van der Waals surface area (Å²) in [6.45, 7) is 4.07. The second kappa shape index (κ2) is 12.2. The molecule has 0 aliphatic rings. The van der Waals surface area contributed by atoms with E-state index in [4.69, 9.17) is 5.21 Å². The van der Waals surface area contributed by atoms with E-state index >= 15 is 0 Å². The fourth-order valence-corrected chi connectivity index (χ4v) is 2.91. The number of hydroxylamine groups is 1. The third-order valence-corrected chi connectivity index (χ3v) is 4.85. The molecule has 2 aromatic carbocycles. The molecule has 0 aromatic heterocycles. The topological polar surface area (TPSA) is 148 Å². The number of hydrogen-bond acceptors (Lipinski definition) is 5. The molecule has 2 aromatic rings. The summed E-state index contributed by atoms with van der Waals surface area (Å²) in [6, 6.07) is 14.5. The Kier molecular flexibility index (Phi) is 9.37. The predicted octanol–water partition coefficient (Wildman–Crippen LogP) is 1.58. The van der Waals surface area contributed by atoms with Crippen LogP contribution < -0.4 is 16.1 Å². The Morgan fingerprint density at radius 3 is 2.03 bits per heavy atom. The second-order valence-corrected chi connectivity index (χ2v) is 8.54. The molecular formula is C25H28N4O6. The third kappa shape index (κ3) is 8.49. The molecule has 5 N–H and O–H groups in total. The van der Waals surface area contributed by atoms with E-state index in [1.165, 1.54) is 17.6 Å². The molecule has 0 heterocycles. The number of hydrogen-bond donors (Lipinski definition) is 5. The maximum absolute atomic E-state index is 12.6. The van der Waals surface area contributed by atoms with Crippen LogP contribution in [0.1, 0.15) is 42.3 Å². The molecule has 0 bridgehead atoms. The Labute approximate surface area is 203 Å². The van der Waals surface area contributed by atoms with Gasteiger partial charge < -0.3 is 15.7 Å². The van der Waals surface area contributed by atoms with Gasteiger partial charge in [0, 0.05) is 28.8 Å². The Bertz CT molecular complexity index is 1110.